The van der Waals surface area contributed by atoms with Crippen molar-refractivity contribution in [1.82, 2.24) is 15.2 Å². The first-order valence-electron chi connectivity index (χ1n) is 6.98. The van der Waals surface area contributed by atoms with E-state index in [4.69, 9.17) is 10.4 Å². The van der Waals surface area contributed by atoms with Crippen LogP contribution in [0.25, 0.3) is 0 Å². The topological polar surface area (TPSA) is 68.2 Å². The van der Waals surface area contributed by atoms with Crippen molar-refractivity contribution < 1.29 is 4.63 Å². The van der Waals surface area contributed by atoms with E-state index in [9.17, 15) is 0 Å². The minimum atomic E-state index is 0.588. The molecule has 1 aliphatic carbocycles. The van der Waals surface area contributed by atoms with E-state index in [2.05, 4.69) is 22.1 Å². The molecule has 5 heteroatoms. The molecule has 0 aromatic carbocycles. The molecule has 1 aromatic rings. The lowest BCUT2D eigenvalue weighted by atomic mass is 9.83. The zero-order valence-electron chi connectivity index (χ0n) is 11.4. The van der Waals surface area contributed by atoms with E-state index in [-0.39, 0.29) is 0 Å². The Balaban J connectivity index is 2.05. The van der Waals surface area contributed by atoms with Gasteiger partial charge in [-0.25, -0.2) is 4.63 Å². The van der Waals surface area contributed by atoms with E-state index in [0.29, 0.717) is 12.0 Å². The summed E-state index contributed by atoms with van der Waals surface area (Å²) in [5.74, 6) is 0.624. The Hall–Kier alpha value is -0.940. The van der Waals surface area contributed by atoms with Gasteiger partial charge >= 0.3 is 0 Å². The zero-order chi connectivity index (χ0) is 13.0. The summed E-state index contributed by atoms with van der Waals surface area (Å²) in [6, 6.07) is 0.588. The summed E-state index contributed by atoms with van der Waals surface area (Å²) < 4.78 is 4.78. The molecule has 18 heavy (non-hydrogen) atoms. The van der Waals surface area contributed by atoms with Gasteiger partial charge in [-0.05, 0) is 38.8 Å². The number of hydrogen-bond acceptors (Lipinski definition) is 5. The van der Waals surface area contributed by atoms with Crippen LogP contribution in [0.2, 0.25) is 0 Å². The predicted molar refractivity (Wildman–Crippen MR) is 69.9 cm³/mol. The van der Waals surface area contributed by atoms with Gasteiger partial charge in [0, 0.05) is 12.6 Å². The molecule has 2 atom stereocenters. The van der Waals surface area contributed by atoms with Gasteiger partial charge in [-0.15, -0.1) is 0 Å². The molecule has 1 aliphatic rings. The smallest absolute Gasteiger partial charge is 0.122 e. The minimum Gasteiger partial charge on any atom is -0.330 e. The maximum Gasteiger partial charge on any atom is 0.122 e. The number of aromatic nitrogens is 2. The predicted octanol–water partition coefficient (Wildman–Crippen LogP) is 1.72. The molecule has 1 aromatic heterocycles. The molecule has 1 saturated carbocycles. The van der Waals surface area contributed by atoms with Crippen molar-refractivity contribution in [2.24, 2.45) is 11.7 Å². The molecule has 0 radical (unpaired) electrons. The SMILES string of the molecule is CCN(Cc1nonc1C)C1CCCCC1CN. The van der Waals surface area contributed by atoms with Crippen LogP contribution in [0.3, 0.4) is 0 Å². The molecule has 1 fully saturated rings. The summed E-state index contributed by atoms with van der Waals surface area (Å²) in [5.41, 5.74) is 7.77. The van der Waals surface area contributed by atoms with Gasteiger partial charge in [0.25, 0.3) is 0 Å². The summed E-state index contributed by atoms with van der Waals surface area (Å²) in [7, 11) is 0. The third-order valence-corrected chi connectivity index (χ3v) is 4.15. The van der Waals surface area contributed by atoms with Crippen LogP contribution in [0.4, 0.5) is 0 Å². The van der Waals surface area contributed by atoms with Crippen LogP contribution in [-0.4, -0.2) is 34.3 Å². The lowest BCUT2D eigenvalue weighted by Crippen LogP contribution is -2.44. The zero-order valence-corrected chi connectivity index (χ0v) is 11.4. The number of nitrogens with zero attached hydrogens (tertiary/aromatic N) is 3. The minimum absolute atomic E-state index is 0.588. The fourth-order valence-electron chi connectivity index (χ4n) is 2.99. The van der Waals surface area contributed by atoms with E-state index in [1.54, 1.807) is 0 Å². The second-order valence-corrected chi connectivity index (χ2v) is 5.21. The van der Waals surface area contributed by atoms with Gasteiger partial charge in [-0.1, -0.05) is 30.1 Å². The fourth-order valence-corrected chi connectivity index (χ4v) is 2.99. The maximum atomic E-state index is 5.92. The summed E-state index contributed by atoms with van der Waals surface area (Å²) in [6.45, 7) is 6.78. The van der Waals surface area contributed by atoms with E-state index in [1.807, 2.05) is 6.92 Å². The van der Waals surface area contributed by atoms with Gasteiger partial charge in [-0.2, -0.15) is 0 Å². The van der Waals surface area contributed by atoms with Crippen LogP contribution in [0.1, 0.15) is 44.0 Å². The quantitative estimate of drug-likeness (QED) is 0.864. The van der Waals surface area contributed by atoms with Crippen molar-refractivity contribution >= 4 is 0 Å². The lowest BCUT2D eigenvalue weighted by molar-refractivity contribution is 0.103. The van der Waals surface area contributed by atoms with Gasteiger partial charge in [0.05, 0.1) is 0 Å². The standard InChI is InChI=1S/C13H24N4O/c1-3-17(9-12-10(2)15-18-16-12)13-7-5-4-6-11(13)8-14/h11,13H,3-9,14H2,1-2H3. The first kappa shape index (κ1) is 13.5. The highest BCUT2D eigenvalue weighted by atomic mass is 16.6. The Kier molecular flexibility index (Phi) is 4.72. The lowest BCUT2D eigenvalue weighted by Gasteiger charge is -2.38. The summed E-state index contributed by atoms with van der Waals surface area (Å²) in [5, 5.41) is 7.84. The third-order valence-electron chi connectivity index (χ3n) is 4.15. The summed E-state index contributed by atoms with van der Waals surface area (Å²) >= 11 is 0. The van der Waals surface area contributed by atoms with Gasteiger partial charge < -0.3 is 5.73 Å². The van der Waals surface area contributed by atoms with Gasteiger partial charge in [0.15, 0.2) is 0 Å². The molecule has 2 N–H and O–H groups in total. The van der Waals surface area contributed by atoms with Crippen LogP contribution in [0, 0.1) is 12.8 Å². The molecule has 1 heterocycles. The average molecular weight is 252 g/mol. The number of rotatable bonds is 5. The van der Waals surface area contributed by atoms with Crippen LogP contribution >= 0.6 is 0 Å². The molecular formula is C13H24N4O. The van der Waals surface area contributed by atoms with Crippen molar-refractivity contribution in [1.29, 1.82) is 0 Å². The maximum absolute atomic E-state index is 5.92. The van der Waals surface area contributed by atoms with Crippen molar-refractivity contribution in [3.05, 3.63) is 11.4 Å². The number of nitrogens with two attached hydrogens (primary N) is 1. The van der Waals surface area contributed by atoms with Crippen LogP contribution in [-0.2, 0) is 6.54 Å². The van der Waals surface area contributed by atoms with Crippen molar-refractivity contribution in [2.45, 2.75) is 52.1 Å². The Labute approximate surface area is 109 Å². The molecule has 0 saturated heterocycles. The molecule has 0 spiro atoms. The van der Waals surface area contributed by atoms with Crippen molar-refractivity contribution in [2.75, 3.05) is 13.1 Å². The molecule has 0 aliphatic heterocycles. The second kappa shape index (κ2) is 6.29. The Morgan fingerprint density at radius 1 is 1.33 bits per heavy atom. The average Bonchev–Trinajstić information content (AvgIpc) is 2.81. The number of aryl methyl sites for hydroxylation is 1. The van der Waals surface area contributed by atoms with Crippen LogP contribution in [0.5, 0.6) is 0 Å². The summed E-state index contributed by atoms with van der Waals surface area (Å²) in [4.78, 5) is 2.48. The van der Waals surface area contributed by atoms with E-state index >= 15 is 0 Å². The molecule has 102 valence electrons. The molecule has 5 nitrogen and oxygen atoms in total. The van der Waals surface area contributed by atoms with E-state index < -0.39 is 0 Å². The van der Waals surface area contributed by atoms with Gasteiger partial charge in [-0.3, -0.25) is 4.90 Å². The van der Waals surface area contributed by atoms with Crippen molar-refractivity contribution in [3.63, 3.8) is 0 Å². The third kappa shape index (κ3) is 2.90. The molecule has 2 rings (SSSR count). The highest BCUT2D eigenvalue weighted by Crippen LogP contribution is 2.28. The highest BCUT2D eigenvalue weighted by Gasteiger charge is 2.29. The first-order chi connectivity index (χ1) is 8.76. The molecule has 0 amide bonds. The van der Waals surface area contributed by atoms with E-state index in [1.165, 1.54) is 25.7 Å². The Morgan fingerprint density at radius 3 is 2.72 bits per heavy atom. The highest BCUT2D eigenvalue weighted by molar-refractivity contribution is 5.05. The molecule has 0 bridgehead atoms. The normalized spacial score (nSPS) is 24.7. The molecular weight excluding hydrogens is 228 g/mol. The Bertz CT molecular complexity index is 366. The van der Waals surface area contributed by atoms with Crippen LogP contribution < -0.4 is 5.73 Å². The Morgan fingerprint density at radius 2 is 2.11 bits per heavy atom. The molecule has 2 unspecified atom stereocenters. The largest absolute Gasteiger partial charge is 0.330 e. The number of hydrogen-bond donors (Lipinski definition) is 1. The van der Waals surface area contributed by atoms with Gasteiger partial charge in [0.2, 0.25) is 0 Å². The van der Waals surface area contributed by atoms with Crippen LogP contribution in [0.15, 0.2) is 4.63 Å². The monoisotopic (exact) mass is 252 g/mol. The first-order valence-corrected chi connectivity index (χ1v) is 6.98. The summed E-state index contributed by atoms with van der Waals surface area (Å²) in [6.07, 6.45) is 5.14. The van der Waals surface area contributed by atoms with Crippen molar-refractivity contribution in [3.8, 4) is 0 Å². The second-order valence-electron chi connectivity index (χ2n) is 5.21. The fraction of sp³-hybridized carbons (Fsp3) is 0.846. The van der Waals surface area contributed by atoms with E-state index in [0.717, 1.165) is 31.0 Å². The van der Waals surface area contributed by atoms with Gasteiger partial charge in [0.1, 0.15) is 11.4 Å².